The molecule has 37 heavy (non-hydrogen) atoms. The molecule has 1 saturated heterocycles. The summed E-state index contributed by atoms with van der Waals surface area (Å²) in [6, 6.07) is 25.5. The van der Waals surface area contributed by atoms with Crippen molar-refractivity contribution in [2.24, 2.45) is 0 Å². The van der Waals surface area contributed by atoms with Crippen LogP contribution in [0, 0.1) is 6.92 Å². The van der Waals surface area contributed by atoms with Gasteiger partial charge >= 0.3 is 0 Å². The molecule has 0 N–H and O–H groups in total. The minimum absolute atomic E-state index is 0.0224. The van der Waals surface area contributed by atoms with Gasteiger partial charge in [0.15, 0.2) is 22.9 Å². The molecule has 2 aliphatic heterocycles. The van der Waals surface area contributed by atoms with Crippen molar-refractivity contribution in [1.82, 2.24) is 9.80 Å². The Kier molecular flexibility index (Phi) is 6.14. The van der Waals surface area contributed by atoms with Crippen molar-refractivity contribution in [2.45, 2.75) is 24.9 Å². The van der Waals surface area contributed by atoms with Crippen LogP contribution in [0.4, 0.5) is 0 Å². The summed E-state index contributed by atoms with van der Waals surface area (Å²) in [5.74, 6) is 0.597. The van der Waals surface area contributed by atoms with Crippen LogP contribution >= 0.6 is 0 Å². The number of ether oxygens (including phenoxy) is 2. The topological polar surface area (TPSA) is 59.1 Å². The Balaban J connectivity index is 1.32. The molecule has 0 spiro atoms. The lowest BCUT2D eigenvalue weighted by atomic mass is 9.82. The second kappa shape index (κ2) is 9.61. The molecule has 6 heteroatoms. The quantitative estimate of drug-likeness (QED) is 0.475. The van der Waals surface area contributed by atoms with Crippen LogP contribution in [-0.4, -0.2) is 60.4 Å². The van der Waals surface area contributed by atoms with Gasteiger partial charge in [0.25, 0.3) is 0 Å². The molecule has 2 heterocycles. The number of nitrogens with zero attached hydrogens (tertiary/aromatic N) is 2. The lowest BCUT2D eigenvalue weighted by molar-refractivity contribution is 0.0137. The molecule has 3 aliphatic rings. The standard InChI is InChI=1S/C31H30N2O4/c1-22-9-8-14-25-28(22)30(35)31(29(25)34,24-12-6-3-7-13-24)33-17-15-32(16-18-33)26(27-20-36-21-37-27)19-23-10-4-2-5-11-23/h2-14,20,26H,15-19,21H2,1H3/t26?,31-/m0/s1. The highest BCUT2D eigenvalue weighted by Gasteiger charge is 2.58. The number of aryl methyl sites for hydroxylation is 1. The Labute approximate surface area is 217 Å². The minimum atomic E-state index is -1.33. The molecule has 0 aromatic heterocycles. The van der Waals surface area contributed by atoms with E-state index in [1.807, 2.05) is 67.6 Å². The molecule has 6 rings (SSSR count). The third kappa shape index (κ3) is 3.88. The Morgan fingerprint density at radius 2 is 1.54 bits per heavy atom. The summed E-state index contributed by atoms with van der Waals surface area (Å²) in [4.78, 5) is 32.8. The molecule has 188 valence electrons. The number of carbonyl (C=O) groups is 2. The molecule has 0 bridgehead atoms. The van der Waals surface area contributed by atoms with Gasteiger partial charge in [-0.25, -0.2) is 0 Å². The van der Waals surface area contributed by atoms with E-state index < -0.39 is 5.54 Å². The van der Waals surface area contributed by atoms with E-state index in [4.69, 9.17) is 9.47 Å². The molecule has 3 aromatic rings. The van der Waals surface area contributed by atoms with E-state index >= 15 is 0 Å². The average molecular weight is 495 g/mol. The highest BCUT2D eigenvalue weighted by Crippen LogP contribution is 2.44. The number of benzene rings is 3. The smallest absolute Gasteiger partial charge is 0.229 e. The first-order chi connectivity index (χ1) is 18.1. The van der Waals surface area contributed by atoms with Gasteiger partial charge in [0.1, 0.15) is 6.26 Å². The van der Waals surface area contributed by atoms with Gasteiger partial charge in [-0.1, -0.05) is 78.9 Å². The lowest BCUT2D eigenvalue weighted by Crippen LogP contribution is -2.61. The molecule has 6 nitrogen and oxygen atoms in total. The van der Waals surface area contributed by atoms with Crippen LogP contribution in [0.1, 0.15) is 37.4 Å². The molecule has 1 fully saturated rings. The largest absolute Gasteiger partial charge is 0.462 e. The predicted octanol–water partition coefficient (Wildman–Crippen LogP) is 4.34. The number of rotatable bonds is 6. The zero-order valence-electron chi connectivity index (χ0n) is 20.9. The van der Waals surface area contributed by atoms with E-state index in [9.17, 15) is 9.59 Å². The van der Waals surface area contributed by atoms with Gasteiger partial charge in [-0.3, -0.25) is 19.4 Å². The molecule has 3 aromatic carbocycles. The maximum absolute atomic E-state index is 14.2. The van der Waals surface area contributed by atoms with Crippen molar-refractivity contribution in [1.29, 1.82) is 0 Å². The maximum Gasteiger partial charge on any atom is 0.229 e. The maximum atomic E-state index is 14.2. The number of hydrogen-bond donors (Lipinski definition) is 0. The summed E-state index contributed by atoms with van der Waals surface area (Å²) < 4.78 is 11.2. The van der Waals surface area contributed by atoms with Crippen LogP contribution in [0.15, 0.2) is 90.9 Å². The van der Waals surface area contributed by atoms with Gasteiger partial charge < -0.3 is 9.47 Å². The number of piperazine rings is 1. The van der Waals surface area contributed by atoms with E-state index in [1.165, 1.54) is 5.56 Å². The van der Waals surface area contributed by atoms with E-state index in [2.05, 4.69) is 21.9 Å². The third-order valence-corrected chi connectivity index (χ3v) is 7.92. The fourth-order valence-corrected chi connectivity index (χ4v) is 6.09. The highest BCUT2D eigenvalue weighted by atomic mass is 16.7. The first kappa shape index (κ1) is 23.6. The summed E-state index contributed by atoms with van der Waals surface area (Å²) >= 11 is 0. The Morgan fingerprint density at radius 1 is 0.838 bits per heavy atom. The third-order valence-electron chi connectivity index (χ3n) is 7.92. The van der Waals surface area contributed by atoms with Crippen molar-refractivity contribution >= 4 is 11.6 Å². The van der Waals surface area contributed by atoms with E-state index in [0.717, 1.165) is 23.3 Å². The molecular formula is C31H30N2O4. The molecule has 0 amide bonds. The predicted molar refractivity (Wildman–Crippen MR) is 140 cm³/mol. The van der Waals surface area contributed by atoms with E-state index in [1.54, 1.807) is 12.3 Å². The molecular weight excluding hydrogens is 464 g/mol. The normalized spacial score (nSPS) is 22.8. The van der Waals surface area contributed by atoms with E-state index in [-0.39, 0.29) is 24.4 Å². The first-order valence-electron chi connectivity index (χ1n) is 12.8. The van der Waals surface area contributed by atoms with Gasteiger partial charge in [0.05, 0.1) is 6.04 Å². The monoisotopic (exact) mass is 494 g/mol. The summed E-state index contributed by atoms with van der Waals surface area (Å²) in [5, 5.41) is 0. The number of hydrogen-bond acceptors (Lipinski definition) is 6. The van der Waals surface area contributed by atoms with Gasteiger partial charge in [0.2, 0.25) is 6.79 Å². The summed E-state index contributed by atoms with van der Waals surface area (Å²) in [5.41, 5.74) is 2.57. The van der Waals surface area contributed by atoms with Crippen molar-refractivity contribution in [2.75, 3.05) is 33.0 Å². The lowest BCUT2D eigenvalue weighted by Gasteiger charge is -2.45. The Morgan fingerprint density at radius 3 is 2.19 bits per heavy atom. The van der Waals surface area contributed by atoms with Gasteiger partial charge in [-0.05, 0) is 30.0 Å². The summed E-state index contributed by atoms with van der Waals surface area (Å²) in [7, 11) is 0. The minimum Gasteiger partial charge on any atom is -0.462 e. The van der Waals surface area contributed by atoms with Crippen molar-refractivity contribution in [3.8, 4) is 0 Å². The van der Waals surface area contributed by atoms with Crippen LogP contribution in [0.25, 0.3) is 0 Å². The van der Waals surface area contributed by atoms with E-state index in [0.29, 0.717) is 37.3 Å². The second-order valence-corrected chi connectivity index (χ2v) is 9.91. The van der Waals surface area contributed by atoms with Crippen LogP contribution in [0.5, 0.6) is 0 Å². The zero-order chi connectivity index (χ0) is 25.4. The molecule has 1 aliphatic carbocycles. The molecule has 2 atom stereocenters. The van der Waals surface area contributed by atoms with Crippen LogP contribution < -0.4 is 0 Å². The van der Waals surface area contributed by atoms with Crippen molar-refractivity contribution in [3.05, 3.63) is 119 Å². The van der Waals surface area contributed by atoms with Crippen LogP contribution in [-0.2, 0) is 21.4 Å². The SMILES string of the molecule is Cc1cccc2c1C(=O)[C@@](c1ccccc1)(N1CCN(C(Cc3ccccc3)C3=COCO3)CC1)C2=O. The number of fused-ring (bicyclic) bond motifs is 1. The van der Waals surface area contributed by atoms with Crippen molar-refractivity contribution < 1.29 is 19.1 Å². The van der Waals surface area contributed by atoms with Crippen molar-refractivity contribution in [3.63, 3.8) is 0 Å². The number of carbonyl (C=O) groups excluding carboxylic acids is 2. The molecule has 1 unspecified atom stereocenters. The second-order valence-electron chi connectivity index (χ2n) is 9.91. The van der Waals surface area contributed by atoms with Crippen LogP contribution in [0.2, 0.25) is 0 Å². The zero-order valence-corrected chi connectivity index (χ0v) is 20.9. The highest BCUT2D eigenvalue weighted by molar-refractivity contribution is 6.33. The summed E-state index contributed by atoms with van der Waals surface area (Å²) in [6.45, 7) is 4.70. The average Bonchev–Trinajstić information content (AvgIpc) is 3.55. The fourth-order valence-electron chi connectivity index (χ4n) is 6.09. The first-order valence-corrected chi connectivity index (χ1v) is 12.8. The fraction of sp³-hybridized carbons (Fsp3) is 0.290. The van der Waals surface area contributed by atoms with Gasteiger partial charge in [-0.2, -0.15) is 0 Å². The molecule has 0 saturated carbocycles. The number of ketones is 2. The summed E-state index contributed by atoms with van der Waals surface area (Å²) in [6.07, 6.45) is 2.51. The molecule has 0 radical (unpaired) electrons. The van der Waals surface area contributed by atoms with Gasteiger partial charge in [0, 0.05) is 37.3 Å². The number of Topliss-reactive ketones (excluding diaryl/α,β-unsaturated/α-hetero) is 2. The van der Waals surface area contributed by atoms with Gasteiger partial charge in [-0.15, -0.1) is 0 Å². The van der Waals surface area contributed by atoms with Crippen LogP contribution in [0.3, 0.4) is 0 Å². The Bertz CT molecular complexity index is 1350. The Hall–Kier alpha value is -3.74.